The minimum atomic E-state index is -0.455. The summed E-state index contributed by atoms with van der Waals surface area (Å²) < 4.78 is 7.11. The molecule has 0 saturated carbocycles. The zero-order valence-corrected chi connectivity index (χ0v) is 13.7. The van der Waals surface area contributed by atoms with Crippen LogP contribution in [0.15, 0.2) is 54.6 Å². The summed E-state index contributed by atoms with van der Waals surface area (Å²) in [5, 5.41) is 0.660. The van der Waals surface area contributed by atoms with Gasteiger partial charge in [0.1, 0.15) is 6.04 Å². The van der Waals surface area contributed by atoms with E-state index in [-0.39, 0.29) is 11.9 Å². The predicted molar refractivity (Wildman–Crippen MR) is 89.6 cm³/mol. The molecule has 2 atom stereocenters. The minimum absolute atomic E-state index is 0.00616. The minimum Gasteiger partial charge on any atom is -0.369 e. The number of nitrogens with zero attached hydrogens (tertiary/aromatic N) is 1. The van der Waals surface area contributed by atoms with Crippen LogP contribution in [0, 0.1) is 0 Å². The van der Waals surface area contributed by atoms with Gasteiger partial charge in [-0.05, 0) is 29.1 Å². The van der Waals surface area contributed by atoms with Crippen molar-refractivity contribution in [2.75, 3.05) is 7.11 Å². The Hall–Kier alpha value is -1.49. The number of carbonyl (C=O) groups is 1. The molecule has 1 amide bonds. The fourth-order valence-electron chi connectivity index (χ4n) is 2.53. The summed E-state index contributed by atoms with van der Waals surface area (Å²) >= 11 is 7.78. The fraction of sp³-hybridized carbons (Fsp3) is 0.235. The quantitative estimate of drug-likeness (QED) is 0.609. The molecule has 2 aromatic carbocycles. The molecule has 3 nitrogen and oxygen atoms in total. The van der Waals surface area contributed by atoms with Crippen molar-refractivity contribution >= 4 is 29.5 Å². The highest BCUT2D eigenvalue weighted by atomic mass is 35.5. The third-order valence-electron chi connectivity index (χ3n) is 3.69. The summed E-state index contributed by atoms with van der Waals surface area (Å²) in [7, 11) is 1.56. The van der Waals surface area contributed by atoms with Gasteiger partial charge in [-0.25, -0.2) is 0 Å². The van der Waals surface area contributed by atoms with Crippen LogP contribution in [-0.4, -0.2) is 23.4 Å². The van der Waals surface area contributed by atoms with E-state index in [1.807, 2.05) is 42.5 Å². The highest BCUT2D eigenvalue weighted by Crippen LogP contribution is 2.44. The lowest BCUT2D eigenvalue weighted by Crippen LogP contribution is -2.56. The van der Waals surface area contributed by atoms with Crippen LogP contribution in [0.4, 0.5) is 0 Å². The number of halogens is 1. The van der Waals surface area contributed by atoms with Crippen molar-refractivity contribution in [1.82, 2.24) is 4.31 Å². The first-order valence-electron chi connectivity index (χ1n) is 6.99. The Kier molecular flexibility index (Phi) is 4.71. The first-order valence-corrected chi connectivity index (χ1v) is 8.31. The maximum Gasteiger partial charge on any atom is 0.264 e. The fourth-order valence-corrected chi connectivity index (χ4v) is 3.88. The molecular formula is C17H16ClNO2S. The third kappa shape index (κ3) is 2.86. The molecule has 1 aliphatic heterocycles. The molecule has 114 valence electrons. The molecule has 0 aliphatic carbocycles. The summed E-state index contributed by atoms with van der Waals surface area (Å²) in [4.78, 5) is 12.2. The number of methoxy groups -OCH3 is 1. The summed E-state index contributed by atoms with van der Waals surface area (Å²) in [5.41, 5.74) is 2.11. The van der Waals surface area contributed by atoms with Gasteiger partial charge in [0.05, 0.1) is 0 Å². The maximum atomic E-state index is 12.2. The number of rotatable bonds is 5. The molecule has 1 saturated heterocycles. The standard InChI is InChI=1S/C17H16ClNO2S/c1-21-16-15(13-9-5-6-10-14(13)18)19(17(16)20)22-11-12-7-3-2-4-8-12/h2-10,15-16H,11H2,1H3. The van der Waals surface area contributed by atoms with Gasteiger partial charge in [-0.3, -0.25) is 9.10 Å². The number of ether oxygens (including phenoxy) is 1. The first-order chi connectivity index (χ1) is 10.7. The van der Waals surface area contributed by atoms with Crippen LogP contribution in [0.3, 0.4) is 0 Å². The predicted octanol–water partition coefficient (Wildman–Crippen LogP) is 4.09. The molecule has 0 spiro atoms. The Morgan fingerprint density at radius 1 is 1.14 bits per heavy atom. The Labute approximate surface area is 139 Å². The number of amides is 1. The number of hydrogen-bond donors (Lipinski definition) is 0. The molecule has 2 aromatic rings. The van der Waals surface area contributed by atoms with Crippen molar-refractivity contribution in [3.63, 3.8) is 0 Å². The van der Waals surface area contributed by atoms with E-state index in [1.54, 1.807) is 11.4 Å². The van der Waals surface area contributed by atoms with Crippen LogP contribution in [0.1, 0.15) is 17.2 Å². The Morgan fingerprint density at radius 3 is 2.50 bits per heavy atom. The summed E-state index contributed by atoms with van der Waals surface area (Å²) in [6.07, 6.45) is -0.455. The van der Waals surface area contributed by atoms with Crippen molar-refractivity contribution < 1.29 is 9.53 Å². The average molecular weight is 334 g/mol. The smallest absolute Gasteiger partial charge is 0.264 e. The zero-order chi connectivity index (χ0) is 15.5. The molecule has 0 N–H and O–H groups in total. The van der Waals surface area contributed by atoms with Crippen molar-refractivity contribution in [2.24, 2.45) is 0 Å². The topological polar surface area (TPSA) is 29.5 Å². The van der Waals surface area contributed by atoms with E-state index in [0.717, 1.165) is 11.3 Å². The SMILES string of the molecule is COC1C(=O)N(SCc2ccccc2)C1c1ccccc1Cl. The second kappa shape index (κ2) is 6.73. The van der Waals surface area contributed by atoms with E-state index in [0.29, 0.717) is 5.02 Å². The van der Waals surface area contributed by atoms with Crippen LogP contribution >= 0.6 is 23.5 Å². The Bertz CT molecular complexity index is 665. The van der Waals surface area contributed by atoms with Gasteiger partial charge in [0, 0.05) is 17.9 Å². The van der Waals surface area contributed by atoms with Crippen LogP contribution < -0.4 is 0 Å². The second-order valence-electron chi connectivity index (χ2n) is 5.05. The number of benzene rings is 2. The number of carbonyl (C=O) groups excluding carboxylic acids is 1. The molecule has 5 heteroatoms. The number of hydrogen-bond acceptors (Lipinski definition) is 3. The van der Waals surface area contributed by atoms with Crippen molar-refractivity contribution in [3.8, 4) is 0 Å². The lowest BCUT2D eigenvalue weighted by molar-refractivity contribution is -0.158. The van der Waals surface area contributed by atoms with Crippen LogP contribution in [-0.2, 0) is 15.3 Å². The third-order valence-corrected chi connectivity index (χ3v) is 5.18. The van der Waals surface area contributed by atoms with Crippen molar-refractivity contribution in [3.05, 3.63) is 70.7 Å². The maximum absolute atomic E-state index is 12.2. The van der Waals surface area contributed by atoms with Gasteiger partial charge in [-0.1, -0.05) is 60.1 Å². The first kappa shape index (κ1) is 15.4. The zero-order valence-electron chi connectivity index (χ0n) is 12.1. The molecule has 2 unspecified atom stereocenters. The van der Waals surface area contributed by atoms with Crippen molar-refractivity contribution in [1.29, 1.82) is 0 Å². The summed E-state index contributed by atoms with van der Waals surface area (Å²) in [6, 6.07) is 17.5. The van der Waals surface area contributed by atoms with Gasteiger partial charge in [-0.15, -0.1) is 0 Å². The number of β-lactam (4-membered cyclic amide) rings is 1. The second-order valence-corrected chi connectivity index (χ2v) is 6.39. The molecule has 0 bridgehead atoms. The highest BCUT2D eigenvalue weighted by molar-refractivity contribution is 7.96. The van der Waals surface area contributed by atoms with Gasteiger partial charge >= 0.3 is 0 Å². The molecule has 3 rings (SSSR count). The van der Waals surface area contributed by atoms with Crippen LogP contribution in [0.5, 0.6) is 0 Å². The van der Waals surface area contributed by atoms with E-state index < -0.39 is 6.10 Å². The van der Waals surface area contributed by atoms with E-state index in [4.69, 9.17) is 16.3 Å². The molecule has 22 heavy (non-hydrogen) atoms. The van der Waals surface area contributed by atoms with E-state index in [9.17, 15) is 4.79 Å². The molecular weight excluding hydrogens is 318 g/mol. The van der Waals surface area contributed by atoms with Gasteiger partial charge in [-0.2, -0.15) is 0 Å². The molecule has 0 aromatic heterocycles. The lowest BCUT2D eigenvalue weighted by Gasteiger charge is -2.45. The normalized spacial score (nSPS) is 20.8. The van der Waals surface area contributed by atoms with Gasteiger partial charge in [0.2, 0.25) is 0 Å². The van der Waals surface area contributed by atoms with Crippen LogP contribution in [0.2, 0.25) is 5.02 Å². The monoisotopic (exact) mass is 333 g/mol. The van der Waals surface area contributed by atoms with Gasteiger partial charge in [0.15, 0.2) is 6.10 Å². The van der Waals surface area contributed by atoms with E-state index in [2.05, 4.69) is 12.1 Å². The van der Waals surface area contributed by atoms with Gasteiger partial charge in [0.25, 0.3) is 5.91 Å². The lowest BCUT2D eigenvalue weighted by atomic mass is 9.94. The van der Waals surface area contributed by atoms with E-state index >= 15 is 0 Å². The summed E-state index contributed by atoms with van der Waals surface area (Å²) in [5.74, 6) is 0.734. The van der Waals surface area contributed by atoms with Crippen molar-refractivity contribution in [2.45, 2.75) is 17.9 Å². The largest absolute Gasteiger partial charge is 0.369 e. The highest BCUT2D eigenvalue weighted by Gasteiger charge is 2.49. The van der Waals surface area contributed by atoms with Gasteiger partial charge < -0.3 is 4.74 Å². The van der Waals surface area contributed by atoms with E-state index in [1.165, 1.54) is 17.5 Å². The Morgan fingerprint density at radius 2 is 1.82 bits per heavy atom. The van der Waals surface area contributed by atoms with Crippen LogP contribution in [0.25, 0.3) is 0 Å². The molecule has 1 aliphatic rings. The molecule has 0 radical (unpaired) electrons. The Balaban J connectivity index is 1.77. The molecule has 1 heterocycles. The average Bonchev–Trinajstić information content (AvgIpc) is 2.55. The summed E-state index contributed by atoms with van der Waals surface area (Å²) in [6.45, 7) is 0. The molecule has 1 fully saturated rings.